The zero-order valence-corrected chi connectivity index (χ0v) is 15.9. The van der Waals surface area contributed by atoms with Crippen LogP contribution in [0.25, 0.3) is 11.1 Å². The summed E-state index contributed by atoms with van der Waals surface area (Å²) in [5.41, 5.74) is 5.26. The standard InChI is InChI=1S/C20H25O5P/c1-14-10-15(2)18(19(11-14)16-6-4-3-5-7-16)8-9-26(24,25)13-17(21)12-20(22)23/h3-7,10-11,17,21H,8-9,12-13H2,1-2H3,(H,22,23)(H,24,25)/t17-/m0/s1. The van der Waals surface area contributed by atoms with E-state index in [1.807, 2.05) is 50.2 Å². The van der Waals surface area contributed by atoms with Crippen LogP contribution in [0.2, 0.25) is 0 Å². The molecule has 0 heterocycles. The van der Waals surface area contributed by atoms with Crippen molar-refractivity contribution in [2.24, 2.45) is 0 Å². The van der Waals surface area contributed by atoms with Gasteiger partial charge < -0.3 is 15.1 Å². The maximum atomic E-state index is 12.4. The minimum Gasteiger partial charge on any atom is -0.481 e. The summed E-state index contributed by atoms with van der Waals surface area (Å²) in [6, 6.07) is 14.0. The maximum Gasteiger partial charge on any atom is 0.305 e. The number of benzene rings is 2. The molecule has 140 valence electrons. The van der Waals surface area contributed by atoms with Crippen molar-refractivity contribution < 1.29 is 24.5 Å². The molecule has 2 aromatic carbocycles. The molecule has 0 fully saturated rings. The first kappa shape index (κ1) is 20.4. The molecule has 0 radical (unpaired) electrons. The quantitative estimate of drug-likeness (QED) is 0.612. The van der Waals surface area contributed by atoms with E-state index >= 15 is 0 Å². The molecule has 0 bridgehead atoms. The number of aryl methyl sites for hydroxylation is 2. The van der Waals surface area contributed by atoms with Gasteiger partial charge in [0.15, 0.2) is 0 Å². The Morgan fingerprint density at radius 1 is 1.15 bits per heavy atom. The van der Waals surface area contributed by atoms with Crippen molar-refractivity contribution in [2.75, 3.05) is 12.3 Å². The van der Waals surface area contributed by atoms with Crippen molar-refractivity contribution >= 4 is 13.3 Å². The molecule has 2 atom stereocenters. The van der Waals surface area contributed by atoms with Crippen LogP contribution in [0, 0.1) is 13.8 Å². The van der Waals surface area contributed by atoms with Gasteiger partial charge in [-0.1, -0.05) is 48.0 Å². The molecular weight excluding hydrogens is 351 g/mol. The lowest BCUT2D eigenvalue weighted by Gasteiger charge is -2.18. The van der Waals surface area contributed by atoms with Crippen LogP contribution in [-0.4, -0.2) is 39.5 Å². The monoisotopic (exact) mass is 376 g/mol. The Labute approximate surface area is 153 Å². The van der Waals surface area contributed by atoms with Gasteiger partial charge in [-0.3, -0.25) is 9.36 Å². The third-order valence-electron chi connectivity index (χ3n) is 4.32. The number of carboxylic acids is 1. The molecule has 2 rings (SSSR count). The Morgan fingerprint density at radius 2 is 1.81 bits per heavy atom. The predicted octanol–water partition coefficient (Wildman–Crippen LogP) is 3.62. The van der Waals surface area contributed by atoms with E-state index in [0.717, 1.165) is 27.8 Å². The van der Waals surface area contributed by atoms with Gasteiger partial charge in [0.1, 0.15) is 0 Å². The van der Waals surface area contributed by atoms with Crippen molar-refractivity contribution in [3.63, 3.8) is 0 Å². The van der Waals surface area contributed by atoms with Crippen molar-refractivity contribution in [1.82, 2.24) is 0 Å². The highest BCUT2D eigenvalue weighted by Crippen LogP contribution is 2.43. The van der Waals surface area contributed by atoms with E-state index < -0.39 is 32.0 Å². The molecular formula is C20H25O5P. The Bertz CT molecular complexity index is 816. The molecule has 3 N–H and O–H groups in total. The highest BCUT2D eigenvalue weighted by atomic mass is 31.2. The van der Waals surface area contributed by atoms with Crippen molar-refractivity contribution in [3.05, 3.63) is 59.2 Å². The third kappa shape index (κ3) is 5.80. The first-order valence-corrected chi connectivity index (χ1v) is 10.6. The van der Waals surface area contributed by atoms with E-state index in [4.69, 9.17) is 5.11 Å². The zero-order chi connectivity index (χ0) is 19.3. The maximum absolute atomic E-state index is 12.4. The summed E-state index contributed by atoms with van der Waals surface area (Å²) < 4.78 is 12.4. The molecule has 0 saturated carbocycles. The fraction of sp³-hybridized carbons (Fsp3) is 0.350. The van der Waals surface area contributed by atoms with Gasteiger partial charge in [-0.25, -0.2) is 0 Å². The summed E-state index contributed by atoms with van der Waals surface area (Å²) in [6.45, 7) is 4.00. The molecule has 0 aromatic heterocycles. The zero-order valence-electron chi connectivity index (χ0n) is 15.1. The Balaban J connectivity index is 2.21. The highest BCUT2D eigenvalue weighted by molar-refractivity contribution is 7.58. The molecule has 0 aliphatic carbocycles. The lowest BCUT2D eigenvalue weighted by Crippen LogP contribution is -2.18. The summed E-state index contributed by atoms with van der Waals surface area (Å²) in [5.74, 6) is -1.18. The normalized spacial score (nSPS) is 14.6. The summed E-state index contributed by atoms with van der Waals surface area (Å²) in [5, 5.41) is 18.3. The lowest BCUT2D eigenvalue weighted by atomic mass is 9.92. The van der Waals surface area contributed by atoms with Gasteiger partial charge in [0.05, 0.1) is 18.7 Å². The van der Waals surface area contributed by atoms with Crippen LogP contribution in [0.1, 0.15) is 23.1 Å². The first-order valence-electron chi connectivity index (χ1n) is 8.54. The summed E-state index contributed by atoms with van der Waals surface area (Å²) in [7, 11) is -3.63. The SMILES string of the molecule is Cc1cc(C)c(CCP(=O)(O)C[C@@H](O)CC(=O)O)c(-c2ccccc2)c1. The molecule has 6 heteroatoms. The number of hydrogen-bond donors (Lipinski definition) is 3. The molecule has 2 aromatic rings. The van der Waals surface area contributed by atoms with E-state index in [1.165, 1.54) is 0 Å². The topological polar surface area (TPSA) is 94.8 Å². The molecule has 0 aliphatic heterocycles. The van der Waals surface area contributed by atoms with Crippen LogP contribution in [0.5, 0.6) is 0 Å². The smallest absolute Gasteiger partial charge is 0.305 e. The number of aliphatic carboxylic acids is 1. The number of carbonyl (C=O) groups is 1. The minimum absolute atomic E-state index is 0.00735. The largest absolute Gasteiger partial charge is 0.481 e. The number of aliphatic hydroxyl groups is 1. The third-order valence-corrected chi connectivity index (χ3v) is 6.23. The minimum atomic E-state index is -3.63. The van der Waals surface area contributed by atoms with E-state index in [-0.39, 0.29) is 6.16 Å². The summed E-state index contributed by atoms with van der Waals surface area (Å²) in [6.07, 6.45) is -1.83. The van der Waals surface area contributed by atoms with Crippen LogP contribution in [0.4, 0.5) is 0 Å². The number of hydrogen-bond acceptors (Lipinski definition) is 3. The van der Waals surface area contributed by atoms with Crippen LogP contribution in [-0.2, 0) is 15.8 Å². The van der Waals surface area contributed by atoms with Gasteiger partial charge in [-0.05, 0) is 42.5 Å². The van der Waals surface area contributed by atoms with Gasteiger partial charge in [0.25, 0.3) is 0 Å². The fourth-order valence-electron chi connectivity index (χ4n) is 3.18. The van der Waals surface area contributed by atoms with E-state index in [1.54, 1.807) is 0 Å². The second-order valence-corrected chi connectivity index (χ2v) is 9.23. The van der Waals surface area contributed by atoms with Crippen LogP contribution < -0.4 is 0 Å². The van der Waals surface area contributed by atoms with Crippen LogP contribution in [0.3, 0.4) is 0 Å². The van der Waals surface area contributed by atoms with Gasteiger partial charge in [0, 0.05) is 6.16 Å². The second-order valence-electron chi connectivity index (χ2n) is 6.73. The van der Waals surface area contributed by atoms with Crippen LogP contribution in [0.15, 0.2) is 42.5 Å². The van der Waals surface area contributed by atoms with E-state index in [0.29, 0.717) is 6.42 Å². The number of carboxylic acid groups (broad SMARTS) is 1. The van der Waals surface area contributed by atoms with Crippen LogP contribution >= 0.6 is 7.37 Å². The molecule has 26 heavy (non-hydrogen) atoms. The predicted molar refractivity (Wildman–Crippen MR) is 103 cm³/mol. The summed E-state index contributed by atoms with van der Waals surface area (Å²) in [4.78, 5) is 20.8. The molecule has 0 saturated heterocycles. The molecule has 5 nitrogen and oxygen atoms in total. The van der Waals surface area contributed by atoms with Crippen molar-refractivity contribution in [1.29, 1.82) is 0 Å². The molecule has 1 unspecified atom stereocenters. The molecule has 0 aliphatic rings. The second kappa shape index (κ2) is 8.63. The Kier molecular flexibility index (Phi) is 6.76. The van der Waals surface area contributed by atoms with E-state index in [2.05, 4.69) is 6.07 Å². The molecule has 0 spiro atoms. The lowest BCUT2D eigenvalue weighted by molar-refractivity contribution is -0.138. The number of aliphatic hydroxyl groups excluding tert-OH is 1. The molecule has 0 amide bonds. The first-order chi connectivity index (χ1) is 12.2. The van der Waals surface area contributed by atoms with Gasteiger partial charge >= 0.3 is 5.97 Å². The average Bonchev–Trinajstić information content (AvgIpc) is 2.52. The van der Waals surface area contributed by atoms with E-state index in [9.17, 15) is 19.4 Å². The summed E-state index contributed by atoms with van der Waals surface area (Å²) >= 11 is 0. The Hall–Kier alpha value is -1.94. The van der Waals surface area contributed by atoms with Gasteiger partial charge in [-0.15, -0.1) is 0 Å². The fourth-order valence-corrected chi connectivity index (χ4v) is 4.72. The Morgan fingerprint density at radius 3 is 2.42 bits per heavy atom. The van der Waals surface area contributed by atoms with Gasteiger partial charge in [-0.2, -0.15) is 0 Å². The van der Waals surface area contributed by atoms with Crippen molar-refractivity contribution in [3.8, 4) is 11.1 Å². The number of rotatable bonds is 8. The highest BCUT2D eigenvalue weighted by Gasteiger charge is 2.25. The van der Waals surface area contributed by atoms with Crippen molar-refractivity contribution in [2.45, 2.75) is 32.8 Å². The van der Waals surface area contributed by atoms with Gasteiger partial charge in [0.2, 0.25) is 7.37 Å². The average molecular weight is 376 g/mol.